The molecule has 1 atom stereocenters. The summed E-state index contributed by atoms with van der Waals surface area (Å²) in [4.78, 5) is 4.79. The van der Waals surface area contributed by atoms with Crippen LogP contribution in [-0.2, 0) is 24.2 Å². The van der Waals surface area contributed by atoms with Gasteiger partial charge in [-0.25, -0.2) is 0 Å². The van der Waals surface area contributed by atoms with Crippen LogP contribution in [0.15, 0.2) is 48.5 Å². The van der Waals surface area contributed by atoms with Crippen molar-refractivity contribution in [3.8, 4) is 5.75 Å². The molecular weight excluding hydrogens is 376 g/mol. The number of benzene rings is 2. The molecule has 0 unspecified atom stereocenters. The van der Waals surface area contributed by atoms with Gasteiger partial charge in [-0.05, 0) is 48.1 Å². The average molecular weight is 411 g/mol. The maximum absolute atomic E-state index is 10.4. The van der Waals surface area contributed by atoms with Crippen molar-refractivity contribution in [3.05, 3.63) is 65.2 Å². The lowest BCUT2D eigenvalue weighted by atomic mass is 10.00. The molecule has 0 aliphatic carbocycles. The first-order valence-corrected chi connectivity index (χ1v) is 11.1. The highest BCUT2D eigenvalue weighted by atomic mass is 16.5. The Labute approximate surface area is 180 Å². The molecule has 0 radical (unpaired) electrons. The van der Waals surface area contributed by atoms with E-state index in [2.05, 4.69) is 46.2 Å². The zero-order valence-corrected chi connectivity index (χ0v) is 18.0. The summed E-state index contributed by atoms with van der Waals surface area (Å²) in [5, 5.41) is 10.4. The lowest BCUT2D eigenvalue weighted by Gasteiger charge is -2.31. The van der Waals surface area contributed by atoms with Crippen LogP contribution < -0.4 is 4.74 Å². The molecule has 5 heteroatoms. The molecule has 30 heavy (non-hydrogen) atoms. The van der Waals surface area contributed by atoms with E-state index in [1.165, 1.54) is 16.7 Å². The van der Waals surface area contributed by atoms with Crippen molar-refractivity contribution in [3.63, 3.8) is 0 Å². The Morgan fingerprint density at radius 2 is 1.70 bits per heavy atom. The molecule has 0 amide bonds. The number of aliphatic hydroxyl groups is 1. The largest absolute Gasteiger partial charge is 0.491 e. The summed E-state index contributed by atoms with van der Waals surface area (Å²) < 4.78 is 11.3. The van der Waals surface area contributed by atoms with Crippen molar-refractivity contribution in [2.45, 2.75) is 44.6 Å². The molecule has 0 spiro atoms. The second kappa shape index (κ2) is 10.4. The fraction of sp³-hybridized carbons (Fsp3) is 0.520. The predicted molar refractivity (Wildman–Crippen MR) is 119 cm³/mol. The van der Waals surface area contributed by atoms with E-state index in [0.29, 0.717) is 19.3 Å². The molecule has 1 fully saturated rings. The Hall–Kier alpha value is -1.92. The van der Waals surface area contributed by atoms with E-state index in [1.54, 1.807) is 0 Å². The van der Waals surface area contributed by atoms with E-state index in [1.807, 2.05) is 19.2 Å². The normalized spacial score (nSPS) is 19.4. The van der Waals surface area contributed by atoms with E-state index < -0.39 is 6.10 Å². The second-order valence-electron chi connectivity index (χ2n) is 8.57. The summed E-state index contributed by atoms with van der Waals surface area (Å²) in [5.41, 5.74) is 4.10. The standard InChI is InChI=1S/C25H34N2O3/c1-29-24-11-14-26(15-12-24)16-20-6-8-25(9-7-20)30-19-23(28)18-27-13-10-21-4-2-3-5-22(21)17-27/h2-9,23-24,28H,10-19H2,1H3/t23-/m1/s1. The van der Waals surface area contributed by atoms with E-state index in [-0.39, 0.29) is 0 Å². The maximum Gasteiger partial charge on any atom is 0.119 e. The van der Waals surface area contributed by atoms with Crippen molar-refractivity contribution < 1.29 is 14.6 Å². The van der Waals surface area contributed by atoms with Gasteiger partial charge in [-0.3, -0.25) is 9.80 Å². The molecule has 2 aliphatic heterocycles. The molecule has 4 rings (SSSR count). The highest BCUT2D eigenvalue weighted by molar-refractivity contribution is 5.29. The number of fused-ring (bicyclic) bond motifs is 1. The number of ether oxygens (including phenoxy) is 2. The number of aliphatic hydroxyl groups excluding tert-OH is 1. The summed E-state index contributed by atoms with van der Waals surface area (Å²) in [6, 6.07) is 16.9. The van der Waals surface area contributed by atoms with Crippen molar-refractivity contribution in [1.82, 2.24) is 9.80 Å². The Morgan fingerprint density at radius 1 is 0.967 bits per heavy atom. The van der Waals surface area contributed by atoms with Crippen LogP contribution in [0.25, 0.3) is 0 Å². The van der Waals surface area contributed by atoms with Gasteiger partial charge in [0.15, 0.2) is 0 Å². The SMILES string of the molecule is COC1CCN(Cc2ccc(OC[C@H](O)CN3CCc4ccccc4C3)cc2)CC1. The Kier molecular flexibility index (Phi) is 7.39. The van der Waals surface area contributed by atoms with Crippen molar-refractivity contribution in [2.24, 2.45) is 0 Å². The smallest absolute Gasteiger partial charge is 0.119 e. The summed E-state index contributed by atoms with van der Waals surface area (Å²) in [6.45, 7) is 6.00. The van der Waals surface area contributed by atoms with Gasteiger partial charge in [0.25, 0.3) is 0 Å². The first-order chi connectivity index (χ1) is 14.7. The van der Waals surface area contributed by atoms with Crippen LogP contribution in [0.3, 0.4) is 0 Å². The third-order valence-electron chi connectivity index (χ3n) is 6.32. The molecular formula is C25H34N2O3. The lowest BCUT2D eigenvalue weighted by Crippen LogP contribution is -2.38. The molecule has 2 aromatic carbocycles. The quantitative estimate of drug-likeness (QED) is 0.725. The maximum atomic E-state index is 10.4. The van der Waals surface area contributed by atoms with Crippen LogP contribution in [0, 0.1) is 0 Å². The highest BCUT2D eigenvalue weighted by Crippen LogP contribution is 2.20. The number of hydrogen-bond donors (Lipinski definition) is 1. The first kappa shape index (κ1) is 21.3. The van der Waals surface area contributed by atoms with Crippen molar-refractivity contribution in [1.29, 1.82) is 0 Å². The van der Waals surface area contributed by atoms with Crippen LogP contribution in [0.2, 0.25) is 0 Å². The molecule has 2 heterocycles. The lowest BCUT2D eigenvalue weighted by molar-refractivity contribution is 0.0388. The van der Waals surface area contributed by atoms with E-state index in [0.717, 1.165) is 57.7 Å². The fourth-order valence-corrected chi connectivity index (χ4v) is 4.51. The second-order valence-corrected chi connectivity index (χ2v) is 8.57. The van der Waals surface area contributed by atoms with Crippen LogP contribution >= 0.6 is 0 Å². The number of likely N-dealkylation sites (tertiary alicyclic amines) is 1. The minimum Gasteiger partial charge on any atom is -0.491 e. The third kappa shape index (κ3) is 5.82. The van der Waals surface area contributed by atoms with Crippen molar-refractivity contribution >= 4 is 0 Å². The molecule has 0 saturated carbocycles. The minimum absolute atomic E-state index is 0.321. The van der Waals surface area contributed by atoms with Gasteiger partial charge in [-0.2, -0.15) is 0 Å². The minimum atomic E-state index is -0.489. The van der Waals surface area contributed by atoms with Crippen molar-refractivity contribution in [2.75, 3.05) is 39.9 Å². The van der Waals surface area contributed by atoms with Gasteiger partial charge in [-0.1, -0.05) is 36.4 Å². The number of methoxy groups -OCH3 is 1. The molecule has 1 saturated heterocycles. The van der Waals surface area contributed by atoms with Crippen LogP contribution in [0.4, 0.5) is 0 Å². The molecule has 1 N–H and O–H groups in total. The van der Waals surface area contributed by atoms with Gasteiger partial charge in [0.1, 0.15) is 18.5 Å². The van der Waals surface area contributed by atoms with Gasteiger partial charge in [0.2, 0.25) is 0 Å². The van der Waals surface area contributed by atoms with Crippen LogP contribution in [0.5, 0.6) is 5.75 Å². The fourth-order valence-electron chi connectivity index (χ4n) is 4.51. The van der Waals surface area contributed by atoms with Gasteiger partial charge in [-0.15, -0.1) is 0 Å². The Morgan fingerprint density at radius 3 is 2.43 bits per heavy atom. The zero-order valence-electron chi connectivity index (χ0n) is 18.0. The molecule has 0 bridgehead atoms. The van der Waals surface area contributed by atoms with Gasteiger partial charge >= 0.3 is 0 Å². The number of piperidine rings is 1. The number of β-amino-alcohol motifs (C(OH)–C–C–N with tert-alkyl or cyclic N) is 1. The summed E-state index contributed by atoms with van der Waals surface area (Å²) in [7, 11) is 1.81. The van der Waals surface area contributed by atoms with E-state index >= 15 is 0 Å². The average Bonchev–Trinajstić information content (AvgIpc) is 2.79. The predicted octanol–water partition coefficient (Wildman–Crippen LogP) is 3.10. The van der Waals surface area contributed by atoms with Gasteiger partial charge < -0.3 is 14.6 Å². The Balaban J connectivity index is 1.19. The third-order valence-corrected chi connectivity index (χ3v) is 6.32. The molecule has 162 valence electrons. The summed E-state index contributed by atoms with van der Waals surface area (Å²) in [5.74, 6) is 0.819. The molecule has 2 aromatic rings. The zero-order chi connectivity index (χ0) is 20.8. The van der Waals surface area contributed by atoms with Gasteiger partial charge in [0.05, 0.1) is 6.10 Å². The van der Waals surface area contributed by atoms with E-state index in [4.69, 9.17) is 9.47 Å². The summed E-state index contributed by atoms with van der Waals surface area (Å²) in [6.07, 6.45) is 3.20. The summed E-state index contributed by atoms with van der Waals surface area (Å²) >= 11 is 0. The molecule has 5 nitrogen and oxygen atoms in total. The van der Waals surface area contributed by atoms with Gasteiger partial charge in [0, 0.05) is 46.4 Å². The first-order valence-electron chi connectivity index (χ1n) is 11.1. The monoisotopic (exact) mass is 410 g/mol. The topological polar surface area (TPSA) is 45.2 Å². The number of hydrogen-bond acceptors (Lipinski definition) is 5. The number of nitrogens with zero attached hydrogens (tertiary/aromatic N) is 2. The van der Waals surface area contributed by atoms with Crippen LogP contribution in [0.1, 0.15) is 29.5 Å². The Bertz CT molecular complexity index is 787. The van der Waals surface area contributed by atoms with Crippen LogP contribution in [-0.4, -0.2) is 67.0 Å². The molecule has 0 aromatic heterocycles. The highest BCUT2D eigenvalue weighted by Gasteiger charge is 2.20. The van der Waals surface area contributed by atoms with E-state index in [9.17, 15) is 5.11 Å². The number of rotatable bonds is 8. The molecule has 2 aliphatic rings.